The van der Waals surface area contributed by atoms with Gasteiger partial charge in [0, 0.05) is 13.5 Å². The van der Waals surface area contributed by atoms with E-state index in [0.29, 0.717) is 0 Å². The summed E-state index contributed by atoms with van der Waals surface area (Å²) in [6.45, 7) is 24.0. The number of ether oxygens (including phenoxy) is 11. The number of carbonyl (C=O) groups excluding carboxylic acids is 8. The van der Waals surface area contributed by atoms with E-state index in [0.717, 1.165) is 7.11 Å². The van der Waals surface area contributed by atoms with Crippen LogP contribution in [0.1, 0.15) is 117 Å². The molecule has 19 nitrogen and oxygen atoms in total. The minimum absolute atomic E-state index is 0.274. The van der Waals surface area contributed by atoms with Crippen molar-refractivity contribution in [1.82, 2.24) is 0 Å². The molecule has 1 fully saturated rings. The van der Waals surface area contributed by atoms with Gasteiger partial charge >= 0.3 is 47.8 Å². The van der Waals surface area contributed by atoms with Gasteiger partial charge in [-0.3, -0.25) is 38.4 Å². The molecule has 1 saturated heterocycles. The second-order valence-electron chi connectivity index (χ2n) is 18.1. The van der Waals surface area contributed by atoms with Crippen molar-refractivity contribution in [2.45, 2.75) is 173 Å². The Labute approximate surface area is 377 Å². The number of hydrogen-bond acceptors (Lipinski definition) is 19. The molecule has 1 heterocycles. The van der Waals surface area contributed by atoms with Gasteiger partial charge in [-0.1, -0.05) is 111 Å². The fraction of sp³-hybridized carbons (Fsp3) is 0.822. The number of carbonyl (C=O) groups is 8. The average molecular weight is 919 g/mol. The molecule has 0 amide bonds. The normalized spacial score (nSPS) is 20.8. The van der Waals surface area contributed by atoms with E-state index in [1.54, 1.807) is 55.4 Å². The zero-order chi connectivity index (χ0) is 49.3. The van der Waals surface area contributed by atoms with Gasteiger partial charge < -0.3 is 52.1 Å². The smallest absolute Gasteiger partial charge is 0.310 e. The molecule has 1 aliphatic heterocycles. The van der Waals surface area contributed by atoms with Gasteiger partial charge in [-0.15, -0.1) is 0 Å². The largest absolute Gasteiger partial charge is 0.465 e. The van der Waals surface area contributed by atoms with E-state index in [-0.39, 0.29) is 13.0 Å². The number of esters is 8. The predicted octanol–water partition coefficient (Wildman–Crippen LogP) is 4.90. The van der Waals surface area contributed by atoms with Gasteiger partial charge in [0.2, 0.25) is 12.4 Å². The molecule has 1 rings (SSSR count). The summed E-state index contributed by atoms with van der Waals surface area (Å²) >= 11 is 0. The van der Waals surface area contributed by atoms with Gasteiger partial charge in [-0.25, -0.2) is 0 Å². The molecule has 0 aliphatic carbocycles. The van der Waals surface area contributed by atoms with Crippen LogP contribution in [0, 0.1) is 47.3 Å². The van der Waals surface area contributed by atoms with Crippen molar-refractivity contribution < 1.29 is 90.5 Å². The fourth-order valence-corrected chi connectivity index (χ4v) is 5.27. The van der Waals surface area contributed by atoms with Crippen LogP contribution in [0.25, 0.3) is 0 Å². The molecule has 0 aromatic heterocycles. The molecule has 0 aromatic carbocycles. The lowest BCUT2D eigenvalue weighted by Gasteiger charge is -2.46. The lowest BCUT2D eigenvalue weighted by Crippen LogP contribution is -2.65. The van der Waals surface area contributed by atoms with E-state index in [1.807, 2.05) is 0 Å². The third kappa shape index (κ3) is 18.3. The van der Waals surface area contributed by atoms with Crippen molar-refractivity contribution >= 4 is 47.8 Å². The van der Waals surface area contributed by atoms with Crippen molar-refractivity contribution in [2.24, 2.45) is 47.3 Å². The zero-order valence-electron chi connectivity index (χ0n) is 40.7. The van der Waals surface area contributed by atoms with Gasteiger partial charge in [0.05, 0.1) is 54.0 Å². The second-order valence-corrected chi connectivity index (χ2v) is 18.1. The number of rotatable bonds is 25. The quantitative estimate of drug-likeness (QED) is 0.0672. The Morgan fingerprint density at radius 2 is 0.828 bits per heavy atom. The number of methoxy groups -OCH3 is 1. The molecule has 0 saturated carbocycles. The maximum atomic E-state index is 13.6. The molecule has 9 atom stereocenters. The third-order valence-electron chi connectivity index (χ3n) is 9.39. The van der Waals surface area contributed by atoms with Crippen LogP contribution in [-0.4, -0.2) is 123 Å². The SMILES string of the molecule is CO[C@@H](O[C@@H]1C(COC(=O)C(C)C)O[C@@H](OC(=O)C(C)C)C(OC(=O)C(C)C)[C@H]1OC(=O)C(C)C)[C@@H](OC(=O)C(C)C)C(OC(=O)C(C)C)[C@H](CCOC(=O)C(C)C)OC(=O)C(C)C. The van der Waals surface area contributed by atoms with Crippen LogP contribution in [0.2, 0.25) is 0 Å². The van der Waals surface area contributed by atoms with E-state index >= 15 is 0 Å². The molecule has 0 radical (unpaired) electrons. The summed E-state index contributed by atoms with van der Waals surface area (Å²) < 4.78 is 65.3. The topological polar surface area (TPSA) is 238 Å². The fourth-order valence-electron chi connectivity index (χ4n) is 5.27. The average Bonchev–Trinajstić information content (AvgIpc) is 3.20. The zero-order valence-corrected chi connectivity index (χ0v) is 40.7. The lowest BCUT2D eigenvalue weighted by atomic mass is 9.97. The Morgan fingerprint density at radius 3 is 1.27 bits per heavy atom. The van der Waals surface area contributed by atoms with Crippen LogP contribution in [0.3, 0.4) is 0 Å². The molecule has 1 aliphatic rings. The molecule has 3 unspecified atom stereocenters. The monoisotopic (exact) mass is 918 g/mol. The summed E-state index contributed by atoms with van der Waals surface area (Å²) in [5, 5.41) is 0. The molecule has 0 bridgehead atoms. The predicted molar refractivity (Wildman–Crippen MR) is 225 cm³/mol. The highest BCUT2D eigenvalue weighted by Crippen LogP contribution is 2.34. The molecule has 368 valence electrons. The molecular formula is C45H74O19. The maximum Gasteiger partial charge on any atom is 0.310 e. The van der Waals surface area contributed by atoms with E-state index < -0.39 is 157 Å². The van der Waals surface area contributed by atoms with Crippen molar-refractivity contribution in [3.8, 4) is 0 Å². The standard InChI is InChI=1S/C45H74O19/c1-21(2)36(46)55-19-18-29(57-38(48)23(5)6)31(59-39(49)24(7)8)34(61-41(51)26(11)12)44(54-17)63-32-30(20-56-37(47)22(3)4)58-45(64-43(53)28(15)16)35(62-42(52)27(13)14)33(32)60-40(50)25(9)10/h21-35,44-45H,18-20H2,1-17H3/t29-,30?,31?,32+,33-,34-,35?,44-,45-/m0/s1. The Hall–Kier alpha value is -4.36. The molecule has 64 heavy (non-hydrogen) atoms. The van der Waals surface area contributed by atoms with Crippen molar-refractivity contribution in [1.29, 1.82) is 0 Å². The van der Waals surface area contributed by atoms with Crippen molar-refractivity contribution in [2.75, 3.05) is 20.3 Å². The second kappa shape index (κ2) is 27.2. The molecule has 0 spiro atoms. The van der Waals surface area contributed by atoms with Crippen molar-refractivity contribution in [3.05, 3.63) is 0 Å². The van der Waals surface area contributed by atoms with Crippen LogP contribution in [0.5, 0.6) is 0 Å². The molecule has 19 heteroatoms. The van der Waals surface area contributed by atoms with Crippen LogP contribution in [-0.2, 0) is 90.5 Å². The Bertz CT molecular complexity index is 1550. The van der Waals surface area contributed by atoms with Gasteiger partial charge in [0.25, 0.3) is 0 Å². The van der Waals surface area contributed by atoms with E-state index in [2.05, 4.69) is 0 Å². The number of hydrogen-bond donors (Lipinski definition) is 0. The molecule has 0 aromatic rings. The Morgan fingerprint density at radius 1 is 0.438 bits per heavy atom. The third-order valence-corrected chi connectivity index (χ3v) is 9.39. The first-order valence-electron chi connectivity index (χ1n) is 22.0. The maximum absolute atomic E-state index is 13.6. The Kier molecular flexibility index (Phi) is 24.5. The summed E-state index contributed by atoms with van der Waals surface area (Å²) in [4.78, 5) is 106. The van der Waals surface area contributed by atoms with E-state index in [1.165, 1.54) is 55.4 Å². The van der Waals surface area contributed by atoms with Crippen LogP contribution in [0.15, 0.2) is 0 Å². The minimum atomic E-state index is -1.86. The summed E-state index contributed by atoms with van der Waals surface area (Å²) in [6, 6.07) is 0. The molecule has 0 N–H and O–H groups in total. The highest BCUT2D eigenvalue weighted by Gasteiger charge is 2.56. The Balaban J connectivity index is 4.33. The first kappa shape index (κ1) is 57.7. The molecular weight excluding hydrogens is 844 g/mol. The summed E-state index contributed by atoms with van der Waals surface area (Å²) in [7, 11) is 1.15. The van der Waals surface area contributed by atoms with Crippen LogP contribution >= 0.6 is 0 Å². The summed E-state index contributed by atoms with van der Waals surface area (Å²) in [5.41, 5.74) is 0. The van der Waals surface area contributed by atoms with Gasteiger partial charge in [0.1, 0.15) is 24.9 Å². The van der Waals surface area contributed by atoms with Crippen molar-refractivity contribution in [3.63, 3.8) is 0 Å². The van der Waals surface area contributed by atoms with Gasteiger partial charge in [-0.05, 0) is 0 Å². The van der Waals surface area contributed by atoms with Gasteiger partial charge in [0.15, 0.2) is 24.6 Å². The minimum Gasteiger partial charge on any atom is -0.465 e. The highest BCUT2D eigenvalue weighted by atomic mass is 16.8. The van der Waals surface area contributed by atoms with E-state index in [9.17, 15) is 38.4 Å². The lowest BCUT2D eigenvalue weighted by molar-refractivity contribution is -0.334. The highest BCUT2D eigenvalue weighted by molar-refractivity contribution is 5.75. The van der Waals surface area contributed by atoms with E-state index in [4.69, 9.17) is 52.1 Å². The van der Waals surface area contributed by atoms with Gasteiger partial charge in [-0.2, -0.15) is 0 Å². The first-order chi connectivity index (χ1) is 29.6. The summed E-state index contributed by atoms with van der Waals surface area (Å²) in [5.74, 6) is -11.8. The van der Waals surface area contributed by atoms with Crippen LogP contribution in [0.4, 0.5) is 0 Å². The first-order valence-corrected chi connectivity index (χ1v) is 22.0. The summed E-state index contributed by atoms with van der Waals surface area (Å²) in [6.07, 6.45) is -15.6. The van der Waals surface area contributed by atoms with Crippen LogP contribution < -0.4 is 0 Å².